The molecular formula is C14H29N3O3. The Kier molecular flexibility index (Phi) is 8.96. The van der Waals surface area contributed by atoms with Gasteiger partial charge in [0.15, 0.2) is 0 Å². The van der Waals surface area contributed by atoms with Crippen LogP contribution in [0.1, 0.15) is 47.0 Å². The minimum absolute atomic E-state index is 0.224. The third-order valence-corrected chi connectivity index (χ3v) is 3.23. The Balaban J connectivity index is 0.000000511. The molecule has 1 aliphatic heterocycles. The summed E-state index contributed by atoms with van der Waals surface area (Å²) in [7, 11) is 0. The number of hydrogen-bond donors (Lipinski definition) is 2. The number of hydrogen-bond acceptors (Lipinski definition) is 3. The number of carboxylic acids is 1. The molecule has 0 radical (unpaired) electrons. The molecule has 0 aliphatic carbocycles. The number of piperidine rings is 1. The highest BCUT2D eigenvalue weighted by Gasteiger charge is 2.22. The quantitative estimate of drug-likeness (QED) is 0.827. The molecule has 6 heteroatoms. The fourth-order valence-corrected chi connectivity index (χ4v) is 1.99. The van der Waals surface area contributed by atoms with Crippen LogP contribution in [0.25, 0.3) is 0 Å². The first kappa shape index (κ1) is 18.7. The molecule has 0 aromatic rings. The molecule has 0 unspecified atom stereocenters. The summed E-state index contributed by atoms with van der Waals surface area (Å²) in [6.07, 6.45) is 3.61. The summed E-state index contributed by atoms with van der Waals surface area (Å²) >= 11 is 0. The van der Waals surface area contributed by atoms with Crippen LogP contribution in [0.2, 0.25) is 0 Å². The predicted molar refractivity (Wildman–Crippen MR) is 79.6 cm³/mol. The zero-order valence-corrected chi connectivity index (χ0v) is 13.1. The minimum Gasteiger partial charge on any atom is -0.480 e. The normalized spacial score (nSPS) is 16.2. The van der Waals surface area contributed by atoms with Crippen molar-refractivity contribution in [2.24, 2.45) is 5.73 Å². The number of rotatable bonds is 3. The Morgan fingerprint density at radius 2 is 1.65 bits per heavy atom. The van der Waals surface area contributed by atoms with E-state index in [-0.39, 0.29) is 6.03 Å². The van der Waals surface area contributed by atoms with Crippen molar-refractivity contribution in [3.8, 4) is 0 Å². The van der Waals surface area contributed by atoms with E-state index in [0.29, 0.717) is 6.04 Å². The maximum Gasteiger partial charge on any atom is 0.320 e. The highest BCUT2D eigenvalue weighted by molar-refractivity contribution is 5.74. The maximum absolute atomic E-state index is 12.0. The van der Waals surface area contributed by atoms with Crippen LogP contribution in [0, 0.1) is 0 Å². The summed E-state index contributed by atoms with van der Waals surface area (Å²) in [5.74, 6) is -0.963. The molecule has 0 bridgehead atoms. The van der Waals surface area contributed by atoms with Gasteiger partial charge >= 0.3 is 12.0 Å². The van der Waals surface area contributed by atoms with Gasteiger partial charge in [0.25, 0.3) is 0 Å². The Labute approximate surface area is 121 Å². The van der Waals surface area contributed by atoms with Gasteiger partial charge in [0, 0.05) is 25.7 Å². The van der Waals surface area contributed by atoms with Crippen LogP contribution in [0.3, 0.4) is 0 Å². The number of carbonyl (C=O) groups is 2. The number of aliphatic carboxylic acids is 1. The van der Waals surface area contributed by atoms with Crippen LogP contribution in [0.4, 0.5) is 4.79 Å². The lowest BCUT2D eigenvalue weighted by Gasteiger charge is -2.34. The molecule has 0 aromatic carbocycles. The number of carboxylic acid groups (broad SMARTS) is 1. The van der Waals surface area contributed by atoms with E-state index in [2.05, 4.69) is 13.8 Å². The van der Waals surface area contributed by atoms with E-state index in [9.17, 15) is 9.59 Å². The van der Waals surface area contributed by atoms with Crippen molar-refractivity contribution in [1.82, 2.24) is 9.80 Å². The van der Waals surface area contributed by atoms with Gasteiger partial charge in [0.05, 0.1) is 0 Å². The lowest BCUT2D eigenvalue weighted by atomic mass is 10.1. The Morgan fingerprint density at radius 3 is 1.95 bits per heavy atom. The van der Waals surface area contributed by atoms with E-state index < -0.39 is 12.0 Å². The summed E-state index contributed by atoms with van der Waals surface area (Å²) in [5, 5.41) is 7.87. The number of amides is 2. The third-order valence-electron chi connectivity index (χ3n) is 3.23. The van der Waals surface area contributed by atoms with Crippen LogP contribution in [0.15, 0.2) is 0 Å². The zero-order chi connectivity index (χ0) is 15.7. The van der Waals surface area contributed by atoms with Crippen LogP contribution >= 0.6 is 0 Å². The van der Waals surface area contributed by atoms with E-state index in [0.717, 1.165) is 19.6 Å². The Bertz CT molecular complexity index is 300. The second kappa shape index (κ2) is 9.58. The van der Waals surface area contributed by atoms with E-state index in [1.807, 2.05) is 16.7 Å². The SMILES string of the molecule is CCN(C(=O)N1CCCCC1)C(C)C.C[C@H](N)C(=O)O. The highest BCUT2D eigenvalue weighted by atomic mass is 16.4. The molecule has 0 aromatic heterocycles. The molecule has 1 rings (SSSR count). The number of nitrogens with two attached hydrogens (primary N) is 1. The molecule has 1 aliphatic rings. The van der Waals surface area contributed by atoms with Gasteiger partial charge in [-0.2, -0.15) is 0 Å². The maximum atomic E-state index is 12.0. The van der Waals surface area contributed by atoms with Crippen LogP contribution in [0.5, 0.6) is 0 Å². The minimum atomic E-state index is -0.963. The van der Waals surface area contributed by atoms with Crippen molar-refractivity contribution in [2.45, 2.75) is 59.0 Å². The van der Waals surface area contributed by atoms with Crippen molar-refractivity contribution in [3.05, 3.63) is 0 Å². The van der Waals surface area contributed by atoms with Crippen LogP contribution in [-0.2, 0) is 4.79 Å². The van der Waals surface area contributed by atoms with Gasteiger partial charge < -0.3 is 20.6 Å². The van der Waals surface area contributed by atoms with Gasteiger partial charge in [0.1, 0.15) is 6.04 Å². The van der Waals surface area contributed by atoms with Crippen molar-refractivity contribution in [3.63, 3.8) is 0 Å². The van der Waals surface area contributed by atoms with Gasteiger partial charge in [-0.1, -0.05) is 0 Å². The fourth-order valence-electron chi connectivity index (χ4n) is 1.99. The molecule has 6 nitrogen and oxygen atoms in total. The van der Waals surface area contributed by atoms with Crippen LogP contribution < -0.4 is 5.73 Å². The fraction of sp³-hybridized carbons (Fsp3) is 0.857. The molecule has 1 atom stereocenters. The van der Waals surface area contributed by atoms with Gasteiger partial charge in [-0.25, -0.2) is 4.79 Å². The lowest BCUT2D eigenvalue weighted by molar-refractivity contribution is -0.138. The summed E-state index contributed by atoms with van der Waals surface area (Å²) in [5.41, 5.74) is 4.84. The number of likely N-dealkylation sites (tertiary alicyclic amines) is 1. The number of nitrogens with zero attached hydrogens (tertiary/aromatic N) is 2. The lowest BCUT2D eigenvalue weighted by Crippen LogP contribution is -2.48. The van der Waals surface area contributed by atoms with Gasteiger partial charge in [-0.3, -0.25) is 4.79 Å². The summed E-state index contributed by atoms with van der Waals surface area (Å²) < 4.78 is 0. The van der Waals surface area contributed by atoms with Crippen molar-refractivity contribution < 1.29 is 14.7 Å². The van der Waals surface area contributed by atoms with Crippen molar-refractivity contribution in [2.75, 3.05) is 19.6 Å². The van der Waals surface area contributed by atoms with Gasteiger partial charge in [0.2, 0.25) is 0 Å². The molecule has 0 spiro atoms. The average Bonchev–Trinajstić information content (AvgIpc) is 2.40. The van der Waals surface area contributed by atoms with Crippen molar-refractivity contribution in [1.29, 1.82) is 0 Å². The summed E-state index contributed by atoms with van der Waals surface area (Å²) in [6.45, 7) is 10.3. The summed E-state index contributed by atoms with van der Waals surface area (Å²) in [4.78, 5) is 25.5. The second-order valence-corrected chi connectivity index (χ2v) is 5.34. The van der Waals surface area contributed by atoms with Gasteiger partial charge in [-0.05, 0) is 47.0 Å². The largest absolute Gasteiger partial charge is 0.480 e. The van der Waals surface area contributed by atoms with E-state index in [1.54, 1.807) is 0 Å². The topological polar surface area (TPSA) is 86.9 Å². The van der Waals surface area contributed by atoms with E-state index in [1.165, 1.54) is 26.2 Å². The van der Waals surface area contributed by atoms with Gasteiger partial charge in [-0.15, -0.1) is 0 Å². The molecular weight excluding hydrogens is 258 g/mol. The number of urea groups is 1. The first-order valence-corrected chi connectivity index (χ1v) is 7.35. The van der Waals surface area contributed by atoms with Crippen LogP contribution in [-0.4, -0.2) is 58.6 Å². The average molecular weight is 287 g/mol. The first-order valence-electron chi connectivity index (χ1n) is 7.35. The molecule has 0 saturated carbocycles. The Hall–Kier alpha value is -1.30. The molecule has 1 fully saturated rings. The molecule has 1 saturated heterocycles. The zero-order valence-electron chi connectivity index (χ0n) is 13.1. The second-order valence-electron chi connectivity index (χ2n) is 5.34. The standard InChI is InChI=1S/C11H22N2O.C3H7NO2/c1-4-13(10(2)3)11(14)12-8-6-5-7-9-12;1-2(4)3(5)6/h10H,4-9H2,1-3H3;2H,4H2,1H3,(H,5,6)/t;2-/m.0/s1. The molecule has 3 N–H and O–H groups in total. The predicted octanol–water partition coefficient (Wildman–Crippen LogP) is 1.74. The third kappa shape index (κ3) is 6.75. The smallest absolute Gasteiger partial charge is 0.320 e. The molecule has 1 heterocycles. The summed E-state index contributed by atoms with van der Waals surface area (Å²) in [6, 6.07) is -0.193. The van der Waals surface area contributed by atoms with E-state index >= 15 is 0 Å². The monoisotopic (exact) mass is 287 g/mol. The highest BCUT2D eigenvalue weighted by Crippen LogP contribution is 2.12. The molecule has 20 heavy (non-hydrogen) atoms. The Morgan fingerprint density at radius 1 is 1.20 bits per heavy atom. The first-order chi connectivity index (χ1) is 9.31. The van der Waals surface area contributed by atoms with E-state index in [4.69, 9.17) is 10.8 Å². The molecule has 118 valence electrons. The van der Waals surface area contributed by atoms with Crippen molar-refractivity contribution >= 4 is 12.0 Å². The number of carbonyl (C=O) groups excluding carboxylic acids is 1. The molecule has 2 amide bonds.